The highest BCUT2D eigenvalue weighted by Crippen LogP contribution is 2.23. The van der Waals surface area contributed by atoms with Crippen molar-refractivity contribution in [3.8, 4) is 5.75 Å². The van der Waals surface area contributed by atoms with Crippen molar-refractivity contribution >= 4 is 17.8 Å². The van der Waals surface area contributed by atoms with Gasteiger partial charge in [-0.15, -0.1) is 0 Å². The molecule has 132 valence electrons. The van der Waals surface area contributed by atoms with Gasteiger partial charge in [0.2, 0.25) is 5.91 Å². The molecule has 0 fully saturated rings. The van der Waals surface area contributed by atoms with Gasteiger partial charge in [-0.05, 0) is 36.1 Å². The Balaban J connectivity index is 2.35. The van der Waals surface area contributed by atoms with Crippen LogP contribution in [0.15, 0.2) is 18.2 Å². The van der Waals surface area contributed by atoms with E-state index >= 15 is 0 Å². The Morgan fingerprint density at radius 3 is 2.42 bits per heavy atom. The topological polar surface area (TPSA) is 93.7 Å². The third-order valence-electron chi connectivity index (χ3n) is 3.31. The van der Waals surface area contributed by atoms with E-state index in [4.69, 9.17) is 9.47 Å². The molecule has 1 rings (SSSR count). The average Bonchev–Trinajstić information content (AvgIpc) is 2.55. The van der Waals surface area contributed by atoms with Crippen LogP contribution in [0.4, 0.5) is 0 Å². The number of hydrogen-bond acceptors (Lipinski definition) is 5. The molecule has 0 heterocycles. The number of rotatable bonds is 8. The SMILES string of the molecule is CNC(=O)CNC(=O)COC(=O)COc1ccc(C(C)C)c(C)c1. The molecule has 7 nitrogen and oxygen atoms in total. The first-order valence-electron chi connectivity index (χ1n) is 7.69. The number of hydrogen-bond donors (Lipinski definition) is 2. The van der Waals surface area contributed by atoms with Crippen LogP contribution in [0, 0.1) is 6.92 Å². The highest BCUT2D eigenvalue weighted by atomic mass is 16.6. The maximum absolute atomic E-state index is 11.6. The van der Waals surface area contributed by atoms with Crippen molar-refractivity contribution in [2.45, 2.75) is 26.7 Å². The number of carbonyl (C=O) groups excluding carboxylic acids is 3. The van der Waals surface area contributed by atoms with Crippen LogP contribution in [0.25, 0.3) is 0 Å². The number of benzene rings is 1. The van der Waals surface area contributed by atoms with Crippen molar-refractivity contribution in [2.24, 2.45) is 0 Å². The van der Waals surface area contributed by atoms with E-state index < -0.39 is 18.5 Å². The summed E-state index contributed by atoms with van der Waals surface area (Å²) in [5, 5.41) is 4.68. The number of amides is 2. The normalized spacial score (nSPS) is 10.2. The molecule has 0 spiro atoms. The number of carbonyl (C=O) groups is 3. The summed E-state index contributed by atoms with van der Waals surface area (Å²) in [6, 6.07) is 5.62. The predicted molar refractivity (Wildman–Crippen MR) is 88.8 cm³/mol. The second-order valence-corrected chi connectivity index (χ2v) is 5.57. The van der Waals surface area contributed by atoms with Crippen LogP contribution in [0.3, 0.4) is 0 Å². The first-order valence-corrected chi connectivity index (χ1v) is 7.69. The number of ether oxygens (including phenoxy) is 2. The molecule has 0 saturated carbocycles. The van der Waals surface area contributed by atoms with Gasteiger partial charge in [0.15, 0.2) is 13.2 Å². The van der Waals surface area contributed by atoms with Crippen LogP contribution >= 0.6 is 0 Å². The van der Waals surface area contributed by atoms with Gasteiger partial charge in [0.1, 0.15) is 5.75 Å². The van der Waals surface area contributed by atoms with E-state index in [-0.39, 0.29) is 19.1 Å². The fourth-order valence-corrected chi connectivity index (χ4v) is 2.03. The third kappa shape index (κ3) is 6.68. The molecular formula is C17H24N2O5. The van der Waals surface area contributed by atoms with Crippen molar-refractivity contribution in [3.05, 3.63) is 29.3 Å². The van der Waals surface area contributed by atoms with Crippen LogP contribution in [0.1, 0.15) is 30.9 Å². The van der Waals surface area contributed by atoms with Gasteiger partial charge >= 0.3 is 5.97 Å². The molecule has 7 heteroatoms. The van der Waals surface area contributed by atoms with E-state index in [9.17, 15) is 14.4 Å². The molecule has 0 aliphatic rings. The summed E-state index contributed by atoms with van der Waals surface area (Å²) in [5.74, 6) is -0.562. The van der Waals surface area contributed by atoms with Crippen LogP contribution in [0.2, 0.25) is 0 Å². The van der Waals surface area contributed by atoms with Crippen LogP contribution in [-0.2, 0) is 19.1 Å². The van der Waals surface area contributed by atoms with Crippen molar-refractivity contribution in [2.75, 3.05) is 26.8 Å². The molecule has 24 heavy (non-hydrogen) atoms. The minimum atomic E-state index is -0.657. The highest BCUT2D eigenvalue weighted by molar-refractivity contribution is 5.86. The molecule has 1 aromatic carbocycles. The summed E-state index contributed by atoms with van der Waals surface area (Å²) in [5.41, 5.74) is 2.31. The molecule has 0 aliphatic heterocycles. The van der Waals surface area contributed by atoms with Crippen LogP contribution in [0.5, 0.6) is 5.75 Å². The zero-order valence-electron chi connectivity index (χ0n) is 14.5. The van der Waals surface area contributed by atoms with Gasteiger partial charge in [0.05, 0.1) is 6.54 Å². The number of nitrogens with one attached hydrogen (secondary N) is 2. The molecule has 2 N–H and O–H groups in total. The molecule has 0 aliphatic carbocycles. The van der Waals surface area contributed by atoms with Crippen molar-refractivity contribution in [3.63, 3.8) is 0 Å². The molecule has 0 atom stereocenters. The maximum Gasteiger partial charge on any atom is 0.344 e. The Morgan fingerprint density at radius 1 is 1.12 bits per heavy atom. The largest absolute Gasteiger partial charge is 0.482 e. The Bertz CT molecular complexity index is 599. The molecule has 0 aromatic heterocycles. The van der Waals surface area contributed by atoms with Crippen LogP contribution in [-0.4, -0.2) is 44.6 Å². The summed E-state index contributed by atoms with van der Waals surface area (Å²) in [4.78, 5) is 33.9. The molecule has 0 bridgehead atoms. The summed E-state index contributed by atoms with van der Waals surface area (Å²) in [6.07, 6.45) is 0. The molecular weight excluding hydrogens is 312 g/mol. The van der Waals surface area contributed by atoms with Gasteiger partial charge < -0.3 is 20.1 Å². The fraction of sp³-hybridized carbons (Fsp3) is 0.471. The second-order valence-electron chi connectivity index (χ2n) is 5.57. The van der Waals surface area contributed by atoms with Crippen molar-refractivity contribution < 1.29 is 23.9 Å². The van der Waals surface area contributed by atoms with E-state index in [0.29, 0.717) is 11.7 Å². The summed E-state index contributed by atoms with van der Waals surface area (Å²) < 4.78 is 10.1. The number of likely N-dealkylation sites (N-methyl/N-ethyl adjacent to an activating group) is 1. The Morgan fingerprint density at radius 2 is 1.83 bits per heavy atom. The fourth-order valence-electron chi connectivity index (χ4n) is 2.03. The van der Waals surface area contributed by atoms with E-state index in [1.54, 1.807) is 6.07 Å². The zero-order chi connectivity index (χ0) is 18.1. The van der Waals surface area contributed by atoms with Crippen molar-refractivity contribution in [1.82, 2.24) is 10.6 Å². The predicted octanol–water partition coefficient (Wildman–Crippen LogP) is 0.903. The molecule has 1 aromatic rings. The van der Waals surface area contributed by atoms with Crippen molar-refractivity contribution in [1.29, 1.82) is 0 Å². The van der Waals surface area contributed by atoms with E-state index in [1.807, 2.05) is 19.1 Å². The minimum Gasteiger partial charge on any atom is -0.482 e. The highest BCUT2D eigenvalue weighted by Gasteiger charge is 2.10. The molecule has 0 saturated heterocycles. The number of aryl methyl sites for hydroxylation is 1. The average molecular weight is 336 g/mol. The lowest BCUT2D eigenvalue weighted by atomic mass is 9.98. The Kier molecular flexibility index (Phi) is 7.74. The summed E-state index contributed by atoms with van der Waals surface area (Å²) >= 11 is 0. The smallest absolute Gasteiger partial charge is 0.344 e. The summed E-state index contributed by atoms with van der Waals surface area (Å²) in [7, 11) is 1.46. The van der Waals surface area contributed by atoms with Gasteiger partial charge in [0.25, 0.3) is 5.91 Å². The second kappa shape index (κ2) is 9.54. The van der Waals surface area contributed by atoms with Gasteiger partial charge in [0, 0.05) is 7.05 Å². The molecule has 0 unspecified atom stereocenters. The summed E-state index contributed by atoms with van der Waals surface area (Å²) in [6.45, 7) is 5.29. The quantitative estimate of drug-likeness (QED) is 0.688. The third-order valence-corrected chi connectivity index (χ3v) is 3.31. The number of esters is 1. The lowest BCUT2D eigenvalue weighted by Gasteiger charge is -2.12. The lowest BCUT2D eigenvalue weighted by molar-refractivity contribution is -0.150. The van der Waals surface area contributed by atoms with Gasteiger partial charge in [-0.1, -0.05) is 19.9 Å². The van der Waals surface area contributed by atoms with Gasteiger partial charge in [-0.3, -0.25) is 9.59 Å². The zero-order valence-corrected chi connectivity index (χ0v) is 14.5. The Labute approximate surface area is 141 Å². The van der Waals surface area contributed by atoms with E-state index in [1.165, 1.54) is 12.6 Å². The van der Waals surface area contributed by atoms with E-state index in [0.717, 1.165) is 5.56 Å². The lowest BCUT2D eigenvalue weighted by Crippen LogP contribution is -2.37. The Hall–Kier alpha value is -2.57. The van der Waals surface area contributed by atoms with Gasteiger partial charge in [-0.25, -0.2) is 4.79 Å². The van der Waals surface area contributed by atoms with Crippen LogP contribution < -0.4 is 15.4 Å². The van der Waals surface area contributed by atoms with E-state index in [2.05, 4.69) is 24.5 Å². The monoisotopic (exact) mass is 336 g/mol. The molecule has 2 amide bonds. The van der Waals surface area contributed by atoms with Gasteiger partial charge in [-0.2, -0.15) is 0 Å². The first-order chi connectivity index (χ1) is 11.3. The maximum atomic E-state index is 11.6. The first kappa shape index (κ1) is 19.5. The minimum absolute atomic E-state index is 0.162. The standard InChI is InChI=1S/C17H24N2O5/c1-11(2)14-6-5-13(7-12(14)3)23-10-17(22)24-9-16(21)19-8-15(20)18-4/h5-7,11H,8-10H2,1-4H3,(H,18,20)(H,19,21). The molecule has 0 radical (unpaired) electrons.